The zero-order valence-corrected chi connectivity index (χ0v) is 12.3. The van der Waals surface area contributed by atoms with E-state index < -0.39 is 5.82 Å². The Morgan fingerprint density at radius 1 is 1.15 bits per heavy atom. The summed E-state index contributed by atoms with van der Waals surface area (Å²) < 4.78 is 19.3. The highest BCUT2D eigenvalue weighted by atomic mass is 79.9. The van der Waals surface area contributed by atoms with E-state index in [0.717, 1.165) is 5.39 Å². The van der Waals surface area contributed by atoms with Gasteiger partial charge in [0.1, 0.15) is 11.4 Å². The maximum absolute atomic E-state index is 13.3. The first-order chi connectivity index (χ1) is 9.54. The fourth-order valence-corrected chi connectivity index (χ4v) is 2.54. The minimum absolute atomic E-state index is 0.147. The van der Waals surface area contributed by atoms with Crippen molar-refractivity contribution in [1.82, 2.24) is 0 Å². The van der Waals surface area contributed by atoms with Crippen LogP contribution in [-0.4, -0.2) is 5.78 Å². The zero-order valence-electron chi connectivity index (χ0n) is 9.99. The maximum Gasteiger partial charge on any atom is 0.229 e. The van der Waals surface area contributed by atoms with Crippen molar-refractivity contribution < 1.29 is 13.6 Å². The van der Waals surface area contributed by atoms with Crippen LogP contribution in [0.4, 0.5) is 4.39 Å². The molecule has 1 heterocycles. The highest BCUT2D eigenvalue weighted by molar-refractivity contribution is 9.10. The van der Waals surface area contributed by atoms with Crippen molar-refractivity contribution in [3.63, 3.8) is 0 Å². The van der Waals surface area contributed by atoms with Gasteiger partial charge in [0, 0.05) is 20.4 Å². The SMILES string of the molecule is O=C(c1cc2cc(Cl)ccc2o1)c1cc(F)ccc1Br. The molecule has 0 aliphatic carbocycles. The molecule has 0 spiro atoms. The molecular weight excluding hydrogens is 347 g/mol. The quantitative estimate of drug-likeness (QED) is 0.591. The Morgan fingerprint density at radius 3 is 2.75 bits per heavy atom. The summed E-state index contributed by atoms with van der Waals surface area (Å²) in [6, 6.07) is 10.6. The number of hydrogen-bond acceptors (Lipinski definition) is 2. The van der Waals surface area contributed by atoms with Gasteiger partial charge in [-0.1, -0.05) is 27.5 Å². The Balaban J connectivity index is 2.10. The average molecular weight is 354 g/mol. The number of halogens is 3. The highest BCUT2D eigenvalue weighted by Gasteiger charge is 2.18. The van der Waals surface area contributed by atoms with Crippen molar-refractivity contribution in [2.75, 3.05) is 0 Å². The number of furan rings is 1. The lowest BCUT2D eigenvalue weighted by atomic mass is 10.1. The molecule has 0 saturated carbocycles. The lowest BCUT2D eigenvalue weighted by Crippen LogP contribution is -2.01. The largest absolute Gasteiger partial charge is 0.453 e. The molecule has 2 aromatic carbocycles. The lowest BCUT2D eigenvalue weighted by Gasteiger charge is -2.01. The number of ketones is 1. The van der Waals surface area contributed by atoms with Gasteiger partial charge in [0.25, 0.3) is 0 Å². The van der Waals surface area contributed by atoms with Crippen LogP contribution in [0.15, 0.2) is 51.4 Å². The number of hydrogen-bond donors (Lipinski definition) is 0. The van der Waals surface area contributed by atoms with E-state index in [1.807, 2.05) is 0 Å². The Morgan fingerprint density at radius 2 is 1.95 bits per heavy atom. The second-order valence-electron chi connectivity index (χ2n) is 4.25. The van der Waals surface area contributed by atoms with Crippen LogP contribution in [0.25, 0.3) is 11.0 Å². The summed E-state index contributed by atoms with van der Waals surface area (Å²) in [6.07, 6.45) is 0. The van der Waals surface area contributed by atoms with E-state index >= 15 is 0 Å². The number of fused-ring (bicyclic) bond motifs is 1. The standard InChI is InChI=1S/C15H7BrClFO2/c16-12-3-2-10(18)7-11(12)15(19)14-6-8-5-9(17)1-4-13(8)20-14/h1-7H. The Labute approximate surface area is 127 Å². The second kappa shape index (κ2) is 5.04. The summed E-state index contributed by atoms with van der Waals surface area (Å²) >= 11 is 9.12. The molecule has 0 bridgehead atoms. The van der Waals surface area contributed by atoms with Crippen molar-refractivity contribution in [3.05, 3.63) is 69.1 Å². The molecule has 5 heteroatoms. The molecule has 0 unspecified atom stereocenters. The first kappa shape index (κ1) is 13.3. The minimum Gasteiger partial charge on any atom is -0.453 e. The molecule has 3 rings (SSSR count). The fourth-order valence-electron chi connectivity index (χ4n) is 1.93. The Kier molecular flexibility index (Phi) is 3.36. The smallest absolute Gasteiger partial charge is 0.229 e. The predicted octanol–water partition coefficient (Wildman–Crippen LogP) is 5.22. The van der Waals surface area contributed by atoms with Crippen LogP contribution in [0.2, 0.25) is 5.02 Å². The molecule has 3 aromatic rings. The summed E-state index contributed by atoms with van der Waals surface area (Å²) in [5, 5.41) is 1.29. The topological polar surface area (TPSA) is 30.2 Å². The molecule has 0 fully saturated rings. The molecule has 0 aliphatic heterocycles. The van der Waals surface area contributed by atoms with Crippen LogP contribution in [0.1, 0.15) is 16.1 Å². The molecule has 0 amide bonds. The van der Waals surface area contributed by atoms with Crippen LogP contribution in [0, 0.1) is 5.82 Å². The molecule has 1 aromatic heterocycles. The average Bonchev–Trinajstić information content (AvgIpc) is 2.83. The molecule has 100 valence electrons. The van der Waals surface area contributed by atoms with Crippen LogP contribution in [0.3, 0.4) is 0 Å². The first-order valence-electron chi connectivity index (χ1n) is 5.73. The van der Waals surface area contributed by atoms with Crippen molar-refractivity contribution in [2.24, 2.45) is 0 Å². The van der Waals surface area contributed by atoms with Gasteiger partial charge in [-0.3, -0.25) is 4.79 Å². The number of carbonyl (C=O) groups excluding carboxylic acids is 1. The van der Waals surface area contributed by atoms with Crippen LogP contribution >= 0.6 is 27.5 Å². The maximum atomic E-state index is 13.3. The third-order valence-electron chi connectivity index (χ3n) is 2.88. The van der Waals surface area contributed by atoms with Gasteiger partial charge in [-0.2, -0.15) is 0 Å². The van der Waals surface area contributed by atoms with E-state index in [9.17, 15) is 9.18 Å². The number of benzene rings is 2. The normalized spacial score (nSPS) is 10.9. The van der Waals surface area contributed by atoms with Gasteiger partial charge in [-0.15, -0.1) is 0 Å². The van der Waals surface area contributed by atoms with Crippen molar-refractivity contribution in [3.8, 4) is 0 Å². The summed E-state index contributed by atoms with van der Waals surface area (Å²) in [7, 11) is 0. The van der Waals surface area contributed by atoms with Gasteiger partial charge < -0.3 is 4.42 Å². The fraction of sp³-hybridized carbons (Fsp3) is 0. The van der Waals surface area contributed by atoms with Crippen molar-refractivity contribution >= 4 is 44.3 Å². The molecule has 0 atom stereocenters. The molecule has 0 aliphatic rings. The summed E-state index contributed by atoms with van der Waals surface area (Å²) in [4.78, 5) is 12.4. The monoisotopic (exact) mass is 352 g/mol. The van der Waals surface area contributed by atoms with E-state index in [4.69, 9.17) is 16.0 Å². The van der Waals surface area contributed by atoms with E-state index in [0.29, 0.717) is 15.1 Å². The van der Waals surface area contributed by atoms with Gasteiger partial charge in [-0.05, 0) is 42.5 Å². The van der Waals surface area contributed by atoms with E-state index in [2.05, 4.69) is 15.9 Å². The number of rotatable bonds is 2. The van der Waals surface area contributed by atoms with E-state index in [1.54, 1.807) is 24.3 Å². The third-order valence-corrected chi connectivity index (χ3v) is 3.80. The summed E-state index contributed by atoms with van der Waals surface area (Å²) in [5.74, 6) is -0.715. The highest BCUT2D eigenvalue weighted by Crippen LogP contribution is 2.27. The lowest BCUT2D eigenvalue weighted by molar-refractivity contribution is 0.101. The Hall–Kier alpha value is -1.65. The molecular formula is C15H7BrClFO2. The van der Waals surface area contributed by atoms with Crippen LogP contribution in [0.5, 0.6) is 0 Å². The predicted molar refractivity (Wildman–Crippen MR) is 78.8 cm³/mol. The Bertz CT molecular complexity index is 826. The molecule has 0 N–H and O–H groups in total. The molecule has 0 saturated heterocycles. The zero-order chi connectivity index (χ0) is 14.3. The van der Waals surface area contributed by atoms with Gasteiger partial charge in [-0.25, -0.2) is 4.39 Å². The molecule has 20 heavy (non-hydrogen) atoms. The van der Waals surface area contributed by atoms with Gasteiger partial charge in [0.15, 0.2) is 5.76 Å². The summed E-state index contributed by atoms with van der Waals surface area (Å²) in [6.45, 7) is 0. The van der Waals surface area contributed by atoms with Gasteiger partial charge in [0.2, 0.25) is 5.78 Å². The molecule has 2 nitrogen and oxygen atoms in total. The van der Waals surface area contributed by atoms with Crippen LogP contribution < -0.4 is 0 Å². The van der Waals surface area contributed by atoms with Gasteiger partial charge in [0.05, 0.1) is 0 Å². The first-order valence-corrected chi connectivity index (χ1v) is 6.90. The third kappa shape index (κ3) is 2.37. The van der Waals surface area contributed by atoms with Crippen molar-refractivity contribution in [1.29, 1.82) is 0 Å². The van der Waals surface area contributed by atoms with E-state index in [-0.39, 0.29) is 17.1 Å². The van der Waals surface area contributed by atoms with Crippen molar-refractivity contribution in [2.45, 2.75) is 0 Å². The number of carbonyl (C=O) groups is 1. The second-order valence-corrected chi connectivity index (χ2v) is 5.54. The molecule has 0 radical (unpaired) electrons. The van der Waals surface area contributed by atoms with Gasteiger partial charge >= 0.3 is 0 Å². The van der Waals surface area contributed by atoms with E-state index in [1.165, 1.54) is 18.2 Å². The van der Waals surface area contributed by atoms with Crippen LogP contribution in [-0.2, 0) is 0 Å². The summed E-state index contributed by atoms with van der Waals surface area (Å²) in [5.41, 5.74) is 0.778. The minimum atomic E-state index is -0.476.